The van der Waals surface area contributed by atoms with Crippen LogP contribution in [0.4, 0.5) is 5.69 Å². The summed E-state index contributed by atoms with van der Waals surface area (Å²) in [5.41, 5.74) is 3.83. The van der Waals surface area contributed by atoms with Crippen molar-refractivity contribution in [3.63, 3.8) is 0 Å². The molecule has 0 spiro atoms. The number of aryl methyl sites for hydroxylation is 1. The Balaban J connectivity index is 1.49. The fourth-order valence-electron chi connectivity index (χ4n) is 4.17. The largest absolute Gasteiger partial charge is 0.369 e. The van der Waals surface area contributed by atoms with Crippen LogP contribution in [0.25, 0.3) is 16.6 Å². The number of para-hydroxylation sites is 1. The lowest BCUT2D eigenvalue weighted by molar-refractivity contribution is 0.0936. The number of hydrogen-bond donors (Lipinski definition) is 1. The zero-order chi connectivity index (χ0) is 24.9. The first-order valence-corrected chi connectivity index (χ1v) is 15.3. The first-order valence-electron chi connectivity index (χ1n) is 11.3. The van der Waals surface area contributed by atoms with Gasteiger partial charge < -0.3 is 10.2 Å². The maximum Gasteiger partial charge on any atom is 0.263 e. The van der Waals surface area contributed by atoms with Gasteiger partial charge in [-0.05, 0) is 55.9 Å². The molecule has 1 fully saturated rings. The maximum atomic E-state index is 13.2. The normalized spacial score (nSPS) is 17.3. The number of nitrogens with zero attached hydrogens (tertiary/aromatic N) is 2. The van der Waals surface area contributed by atoms with Crippen LogP contribution in [0.1, 0.15) is 33.8 Å². The molecule has 0 radical (unpaired) electrons. The topological polar surface area (TPSA) is 62.3 Å². The van der Waals surface area contributed by atoms with Crippen LogP contribution in [-0.2, 0) is 10.8 Å². The number of halogens is 1. The van der Waals surface area contributed by atoms with Crippen molar-refractivity contribution in [3.8, 4) is 10.6 Å². The second-order valence-corrected chi connectivity index (χ2v) is 12.3. The van der Waals surface area contributed by atoms with Crippen LogP contribution in [0, 0.1) is 6.92 Å². The van der Waals surface area contributed by atoms with E-state index >= 15 is 0 Å². The summed E-state index contributed by atoms with van der Waals surface area (Å²) in [7, 11) is -1.03. The van der Waals surface area contributed by atoms with Crippen molar-refractivity contribution in [2.45, 2.75) is 25.8 Å². The number of rotatable bonds is 7. The quantitative estimate of drug-likeness (QED) is 0.382. The molecule has 9 heteroatoms. The first-order chi connectivity index (χ1) is 16.9. The third kappa shape index (κ3) is 6.36. The van der Waals surface area contributed by atoms with Crippen molar-refractivity contribution >= 4 is 63.2 Å². The van der Waals surface area contributed by atoms with E-state index in [1.807, 2.05) is 55.7 Å². The van der Waals surface area contributed by atoms with E-state index in [0.717, 1.165) is 57.7 Å². The Morgan fingerprint density at radius 2 is 2.00 bits per heavy atom. The molecule has 0 bridgehead atoms. The number of benzene rings is 2. The molecule has 4 rings (SSSR count). The molecule has 1 aromatic heterocycles. The van der Waals surface area contributed by atoms with Gasteiger partial charge in [0.1, 0.15) is 9.88 Å². The van der Waals surface area contributed by atoms with Gasteiger partial charge in [0, 0.05) is 41.7 Å². The number of anilines is 1. The predicted octanol–water partition coefficient (Wildman–Crippen LogP) is 6.21. The fraction of sp³-hybridized carbons (Fsp3) is 0.308. The average Bonchev–Trinajstić information content (AvgIpc) is 3.25. The highest BCUT2D eigenvalue weighted by Gasteiger charge is 2.25. The number of carbonyl (C=O) groups is 1. The zero-order valence-electron chi connectivity index (χ0n) is 19.9. The van der Waals surface area contributed by atoms with Crippen molar-refractivity contribution in [1.29, 1.82) is 0 Å². The van der Waals surface area contributed by atoms with Gasteiger partial charge in [0.15, 0.2) is 0 Å². The second-order valence-electron chi connectivity index (χ2n) is 8.38. The molecule has 0 aliphatic carbocycles. The summed E-state index contributed by atoms with van der Waals surface area (Å²) in [6.45, 7) is 3.52. The number of carbonyl (C=O) groups excluding carboxylic acids is 1. The number of amides is 1. The van der Waals surface area contributed by atoms with E-state index in [1.54, 1.807) is 6.26 Å². The average molecular weight is 546 g/mol. The fourth-order valence-corrected chi connectivity index (χ4v) is 6.75. The minimum Gasteiger partial charge on any atom is -0.369 e. The van der Waals surface area contributed by atoms with Crippen molar-refractivity contribution < 1.29 is 9.00 Å². The predicted molar refractivity (Wildman–Crippen MR) is 152 cm³/mol. The minimum atomic E-state index is -1.03. The molecule has 5 nitrogen and oxygen atoms in total. The van der Waals surface area contributed by atoms with Crippen molar-refractivity contribution in [2.75, 3.05) is 30.5 Å². The van der Waals surface area contributed by atoms with Gasteiger partial charge >= 0.3 is 0 Å². The third-order valence-electron chi connectivity index (χ3n) is 5.89. The summed E-state index contributed by atoms with van der Waals surface area (Å²) >= 11 is 8.92. The van der Waals surface area contributed by atoms with E-state index in [1.165, 1.54) is 23.1 Å². The number of hydrogen-bond acceptors (Lipinski definition) is 6. The zero-order valence-corrected chi connectivity index (χ0v) is 23.1. The highest BCUT2D eigenvalue weighted by molar-refractivity contribution is 8.16. The van der Waals surface area contributed by atoms with E-state index in [4.69, 9.17) is 11.6 Å². The Hall–Kier alpha value is -2.13. The van der Waals surface area contributed by atoms with Gasteiger partial charge in [-0.25, -0.2) is 4.98 Å². The Morgan fingerprint density at radius 3 is 2.71 bits per heavy atom. The van der Waals surface area contributed by atoms with Crippen LogP contribution in [0.3, 0.4) is 0 Å². The Labute approximate surface area is 222 Å². The Kier molecular flexibility index (Phi) is 8.70. The summed E-state index contributed by atoms with van der Waals surface area (Å²) in [5.74, 6) is -0.0775. The van der Waals surface area contributed by atoms with E-state index in [9.17, 15) is 9.00 Å². The molecule has 0 saturated carbocycles. The highest BCUT2D eigenvalue weighted by atomic mass is 35.5. The van der Waals surface area contributed by atoms with Crippen LogP contribution in [0.2, 0.25) is 5.02 Å². The number of nitrogens with one attached hydrogen (secondary N) is 1. The Morgan fingerprint density at radius 1 is 1.26 bits per heavy atom. The summed E-state index contributed by atoms with van der Waals surface area (Å²) in [5, 5.41) is 4.73. The summed E-state index contributed by atoms with van der Waals surface area (Å²) in [6, 6.07) is 15.7. The molecule has 184 valence electrons. The van der Waals surface area contributed by atoms with E-state index in [2.05, 4.69) is 27.3 Å². The van der Waals surface area contributed by atoms with Crippen molar-refractivity contribution in [1.82, 2.24) is 10.3 Å². The molecule has 35 heavy (non-hydrogen) atoms. The molecule has 3 aromatic rings. The SMILES string of the molecule is CS/C(=C/c1ccccc1N1CCCC(NC(=O)c2sc(-c3ccc(Cl)cc3)nc2C)C1)S(C)=O. The van der Waals surface area contributed by atoms with E-state index in [0.29, 0.717) is 9.90 Å². The lowest BCUT2D eigenvalue weighted by Crippen LogP contribution is -2.48. The van der Waals surface area contributed by atoms with Gasteiger partial charge in [-0.15, -0.1) is 23.1 Å². The molecular weight excluding hydrogens is 518 g/mol. The van der Waals surface area contributed by atoms with Crippen LogP contribution >= 0.6 is 34.7 Å². The van der Waals surface area contributed by atoms with E-state index in [-0.39, 0.29) is 11.9 Å². The smallest absolute Gasteiger partial charge is 0.263 e. The van der Waals surface area contributed by atoms with Gasteiger partial charge in [-0.1, -0.05) is 41.9 Å². The van der Waals surface area contributed by atoms with Crippen LogP contribution in [0.15, 0.2) is 52.8 Å². The van der Waals surface area contributed by atoms with Crippen LogP contribution in [-0.4, -0.2) is 46.7 Å². The lowest BCUT2D eigenvalue weighted by atomic mass is 10.0. The first kappa shape index (κ1) is 25.9. The number of thioether (sulfide) groups is 1. The summed E-state index contributed by atoms with van der Waals surface area (Å²) in [4.78, 5) is 20.8. The number of thiazole rings is 1. The molecule has 2 heterocycles. The molecule has 1 N–H and O–H groups in total. The van der Waals surface area contributed by atoms with Crippen molar-refractivity contribution in [3.05, 3.63) is 73.9 Å². The minimum absolute atomic E-state index is 0.0362. The van der Waals surface area contributed by atoms with Gasteiger partial charge in [-0.2, -0.15) is 0 Å². The maximum absolute atomic E-state index is 13.2. The highest BCUT2D eigenvalue weighted by Crippen LogP contribution is 2.31. The van der Waals surface area contributed by atoms with Crippen LogP contribution in [0.5, 0.6) is 0 Å². The van der Waals surface area contributed by atoms with Crippen molar-refractivity contribution in [2.24, 2.45) is 0 Å². The summed E-state index contributed by atoms with van der Waals surface area (Å²) in [6.07, 6.45) is 7.57. The van der Waals surface area contributed by atoms with Gasteiger partial charge in [-0.3, -0.25) is 9.00 Å². The lowest BCUT2D eigenvalue weighted by Gasteiger charge is -2.35. The standard InChI is InChI=1S/C26H28ClN3O2S3/c1-17-24(34-26(28-17)18-10-12-20(27)13-11-18)25(31)29-21-8-6-14-30(16-21)22-9-5-4-7-19(22)15-23(33-2)35(3)32/h4-5,7,9-13,15,21H,6,8,14,16H2,1-3H3,(H,29,31)/b23-15-. The molecule has 2 aromatic carbocycles. The monoisotopic (exact) mass is 545 g/mol. The molecule has 1 aliphatic rings. The molecule has 1 amide bonds. The Bertz CT molecular complexity index is 1260. The third-order valence-corrected chi connectivity index (χ3v) is 9.75. The molecule has 2 unspecified atom stereocenters. The van der Waals surface area contributed by atoms with Gasteiger partial charge in [0.2, 0.25) is 0 Å². The molecule has 2 atom stereocenters. The number of aromatic nitrogens is 1. The molecule has 1 saturated heterocycles. The van der Waals surface area contributed by atoms with Gasteiger partial charge in [0.05, 0.1) is 20.7 Å². The molecular formula is C26H28ClN3O2S3. The van der Waals surface area contributed by atoms with Gasteiger partial charge in [0.25, 0.3) is 5.91 Å². The van der Waals surface area contributed by atoms with E-state index < -0.39 is 10.8 Å². The van der Waals surface area contributed by atoms with Crippen LogP contribution < -0.4 is 10.2 Å². The number of piperidine rings is 1. The summed E-state index contributed by atoms with van der Waals surface area (Å²) < 4.78 is 12.9. The molecule has 1 aliphatic heterocycles. The second kappa shape index (κ2) is 11.7.